The minimum Gasteiger partial charge on any atom is -0.504 e. The van der Waals surface area contributed by atoms with Crippen molar-refractivity contribution in [3.05, 3.63) is 46.3 Å². The maximum absolute atomic E-state index is 12.2. The van der Waals surface area contributed by atoms with Crippen LogP contribution in [0.2, 0.25) is 0 Å². The van der Waals surface area contributed by atoms with E-state index in [-0.39, 0.29) is 17.3 Å². The summed E-state index contributed by atoms with van der Waals surface area (Å²) in [6.45, 7) is 3.82. The molecule has 0 aliphatic carbocycles. The Morgan fingerprint density at radius 3 is 2.48 bits per heavy atom. The van der Waals surface area contributed by atoms with Gasteiger partial charge in [-0.25, -0.2) is 4.79 Å². The Hall–Kier alpha value is -2.53. The van der Waals surface area contributed by atoms with Gasteiger partial charge in [0.1, 0.15) is 5.58 Å². The molecule has 0 saturated heterocycles. The predicted molar refractivity (Wildman–Crippen MR) is 88.0 cm³/mol. The van der Waals surface area contributed by atoms with Crippen molar-refractivity contribution >= 4 is 21.7 Å². The number of fused-ring (bicyclic) bond motifs is 3. The molecule has 0 aliphatic heterocycles. The summed E-state index contributed by atoms with van der Waals surface area (Å²) >= 11 is 0. The van der Waals surface area contributed by atoms with E-state index in [2.05, 4.69) is 0 Å². The lowest BCUT2D eigenvalue weighted by molar-refractivity contribution is 0.127. The zero-order valence-corrected chi connectivity index (χ0v) is 13.2. The van der Waals surface area contributed by atoms with Crippen molar-refractivity contribution in [1.29, 1.82) is 0 Å². The quantitative estimate of drug-likeness (QED) is 0.572. The average Bonchev–Trinajstić information content (AvgIpc) is 2.53. The Balaban J connectivity index is 2.34. The second-order valence-corrected chi connectivity index (χ2v) is 5.90. The number of aromatic hydroxyl groups is 1. The van der Waals surface area contributed by atoms with Crippen molar-refractivity contribution in [3.63, 3.8) is 0 Å². The van der Waals surface area contributed by atoms with Crippen LogP contribution in [0.5, 0.6) is 11.5 Å². The van der Waals surface area contributed by atoms with E-state index in [1.807, 2.05) is 13.8 Å². The van der Waals surface area contributed by atoms with Crippen molar-refractivity contribution in [2.75, 3.05) is 7.11 Å². The molecular weight excluding hydrogens is 296 g/mol. The van der Waals surface area contributed by atoms with E-state index in [1.54, 1.807) is 24.3 Å². The van der Waals surface area contributed by atoms with E-state index < -0.39 is 11.7 Å². The monoisotopic (exact) mass is 314 g/mol. The van der Waals surface area contributed by atoms with E-state index in [0.29, 0.717) is 27.5 Å². The van der Waals surface area contributed by atoms with Gasteiger partial charge >= 0.3 is 5.63 Å². The predicted octanol–water partition coefficient (Wildman–Crippen LogP) is 3.35. The van der Waals surface area contributed by atoms with Gasteiger partial charge in [0.25, 0.3) is 0 Å². The number of phenolic OH excluding ortho intramolecular Hbond substituents is 1. The van der Waals surface area contributed by atoms with Crippen LogP contribution in [0.1, 0.15) is 25.5 Å². The van der Waals surface area contributed by atoms with Crippen LogP contribution >= 0.6 is 0 Å². The van der Waals surface area contributed by atoms with Crippen LogP contribution < -0.4 is 10.4 Å². The maximum Gasteiger partial charge on any atom is 0.344 e. The number of benzene rings is 2. The summed E-state index contributed by atoms with van der Waals surface area (Å²) in [5.74, 6) is 0.255. The van der Waals surface area contributed by atoms with Gasteiger partial charge in [0.05, 0.1) is 18.6 Å². The molecule has 23 heavy (non-hydrogen) atoms. The standard InChI is InChI=1S/C18H18O5/c1-9(2)17(20)10-4-5-11-12-7-16(22-3)14(19)8-15(12)23-18(21)13(11)6-10/h4-9,17,19-20H,1-3H3. The zero-order chi connectivity index (χ0) is 16.7. The number of hydrogen-bond acceptors (Lipinski definition) is 5. The highest BCUT2D eigenvalue weighted by atomic mass is 16.5. The molecule has 0 spiro atoms. The maximum atomic E-state index is 12.2. The summed E-state index contributed by atoms with van der Waals surface area (Å²) in [7, 11) is 1.46. The van der Waals surface area contributed by atoms with Crippen LogP contribution in [0.3, 0.4) is 0 Å². The first-order valence-electron chi connectivity index (χ1n) is 7.38. The van der Waals surface area contributed by atoms with Crippen LogP contribution in [-0.4, -0.2) is 17.3 Å². The lowest BCUT2D eigenvalue weighted by Gasteiger charge is -2.15. The van der Waals surface area contributed by atoms with Crippen molar-refractivity contribution in [2.24, 2.45) is 5.92 Å². The zero-order valence-electron chi connectivity index (χ0n) is 13.2. The normalized spacial score (nSPS) is 12.9. The van der Waals surface area contributed by atoms with Gasteiger partial charge in [0, 0.05) is 16.8 Å². The molecule has 1 unspecified atom stereocenters. The van der Waals surface area contributed by atoms with Crippen LogP contribution in [0.25, 0.3) is 21.7 Å². The minimum absolute atomic E-state index is 0.0389. The SMILES string of the molecule is COc1cc2c(cc1O)oc(=O)c1cc(C(O)C(C)C)ccc12. The fourth-order valence-electron chi connectivity index (χ4n) is 2.70. The van der Waals surface area contributed by atoms with Gasteiger partial charge in [-0.3, -0.25) is 0 Å². The average molecular weight is 314 g/mol. The Morgan fingerprint density at radius 1 is 1.09 bits per heavy atom. The van der Waals surface area contributed by atoms with E-state index in [1.165, 1.54) is 13.2 Å². The summed E-state index contributed by atoms with van der Waals surface area (Å²) in [5.41, 5.74) is 0.456. The summed E-state index contributed by atoms with van der Waals surface area (Å²) < 4.78 is 10.4. The molecule has 1 heterocycles. The molecule has 0 aliphatic rings. The molecule has 120 valence electrons. The molecule has 1 atom stereocenters. The first-order chi connectivity index (χ1) is 10.9. The smallest absolute Gasteiger partial charge is 0.344 e. The molecule has 1 aromatic heterocycles. The Kier molecular flexibility index (Phi) is 3.74. The van der Waals surface area contributed by atoms with Crippen LogP contribution in [-0.2, 0) is 0 Å². The molecule has 0 bridgehead atoms. The largest absolute Gasteiger partial charge is 0.504 e. The Labute approximate surface area is 132 Å². The molecule has 0 radical (unpaired) electrons. The van der Waals surface area contributed by atoms with Gasteiger partial charge in [0.2, 0.25) is 0 Å². The van der Waals surface area contributed by atoms with E-state index >= 15 is 0 Å². The lowest BCUT2D eigenvalue weighted by atomic mass is 9.96. The van der Waals surface area contributed by atoms with Gasteiger partial charge in [-0.05, 0) is 23.6 Å². The number of hydrogen-bond donors (Lipinski definition) is 2. The van der Waals surface area contributed by atoms with Gasteiger partial charge in [-0.2, -0.15) is 0 Å². The van der Waals surface area contributed by atoms with Crippen molar-refractivity contribution in [3.8, 4) is 11.5 Å². The summed E-state index contributed by atoms with van der Waals surface area (Å²) in [6, 6.07) is 8.24. The fraction of sp³-hybridized carbons (Fsp3) is 0.278. The van der Waals surface area contributed by atoms with Crippen LogP contribution in [0.15, 0.2) is 39.5 Å². The second kappa shape index (κ2) is 5.59. The van der Waals surface area contributed by atoms with Gasteiger partial charge in [-0.1, -0.05) is 26.0 Å². The van der Waals surface area contributed by atoms with Crippen molar-refractivity contribution in [2.45, 2.75) is 20.0 Å². The third-order valence-electron chi connectivity index (χ3n) is 4.01. The molecular formula is C18H18O5. The summed E-state index contributed by atoms with van der Waals surface area (Å²) in [6.07, 6.45) is -0.649. The fourth-order valence-corrected chi connectivity index (χ4v) is 2.70. The number of methoxy groups -OCH3 is 1. The second-order valence-electron chi connectivity index (χ2n) is 5.90. The summed E-state index contributed by atoms with van der Waals surface area (Å²) in [5, 5.41) is 21.8. The van der Waals surface area contributed by atoms with Gasteiger partial charge in [-0.15, -0.1) is 0 Å². The number of aliphatic hydroxyl groups excluding tert-OH is 1. The third kappa shape index (κ3) is 2.53. The summed E-state index contributed by atoms with van der Waals surface area (Å²) in [4.78, 5) is 12.2. The molecule has 2 N–H and O–H groups in total. The molecule has 0 fully saturated rings. The topological polar surface area (TPSA) is 79.9 Å². The lowest BCUT2D eigenvalue weighted by Crippen LogP contribution is -2.07. The highest BCUT2D eigenvalue weighted by Crippen LogP contribution is 2.34. The first kappa shape index (κ1) is 15.4. The van der Waals surface area contributed by atoms with E-state index in [0.717, 1.165) is 0 Å². The number of rotatable bonds is 3. The molecule has 3 aromatic rings. The molecule has 0 amide bonds. The molecule has 5 nitrogen and oxygen atoms in total. The van der Waals surface area contributed by atoms with Crippen molar-refractivity contribution < 1.29 is 19.4 Å². The van der Waals surface area contributed by atoms with Crippen LogP contribution in [0, 0.1) is 5.92 Å². The van der Waals surface area contributed by atoms with Crippen molar-refractivity contribution in [1.82, 2.24) is 0 Å². The van der Waals surface area contributed by atoms with E-state index in [9.17, 15) is 15.0 Å². The third-order valence-corrected chi connectivity index (χ3v) is 4.01. The number of aliphatic hydroxyl groups is 1. The first-order valence-corrected chi connectivity index (χ1v) is 7.38. The molecule has 3 rings (SSSR count). The van der Waals surface area contributed by atoms with E-state index in [4.69, 9.17) is 9.15 Å². The van der Waals surface area contributed by atoms with Gasteiger partial charge < -0.3 is 19.4 Å². The molecule has 0 saturated carbocycles. The highest BCUT2D eigenvalue weighted by Gasteiger charge is 2.16. The highest BCUT2D eigenvalue weighted by molar-refractivity contribution is 6.05. The molecule has 2 aromatic carbocycles. The number of ether oxygens (including phenoxy) is 1. The van der Waals surface area contributed by atoms with Gasteiger partial charge in [0.15, 0.2) is 11.5 Å². The number of phenols is 1. The minimum atomic E-state index is -0.649. The Bertz CT molecular complexity index is 939. The Morgan fingerprint density at radius 2 is 1.83 bits per heavy atom. The van der Waals surface area contributed by atoms with Crippen LogP contribution in [0.4, 0.5) is 0 Å². The molecule has 5 heteroatoms.